The van der Waals surface area contributed by atoms with Crippen molar-refractivity contribution in [2.45, 2.75) is 64.4 Å². The standard InChI is InChI=1S/C21H31NO2/c1-6-17-23-19(20(3,4)22-15-11-12-16-22)24-21(5,7-2)18-13-9-8-10-14-18/h2,8-10,13-14,19H,6,11-12,15-17H2,1,3-5H3. The summed E-state index contributed by atoms with van der Waals surface area (Å²) in [7, 11) is 0. The monoisotopic (exact) mass is 329 g/mol. The molecule has 0 saturated carbocycles. The molecule has 2 atom stereocenters. The summed E-state index contributed by atoms with van der Waals surface area (Å²) in [6.45, 7) is 11.3. The van der Waals surface area contributed by atoms with E-state index in [1.165, 1.54) is 12.8 Å². The van der Waals surface area contributed by atoms with Gasteiger partial charge in [0.2, 0.25) is 0 Å². The SMILES string of the molecule is C#CC(C)(OC(OCCC)C(C)(C)N1CCCC1)c1ccccc1. The molecule has 0 radical (unpaired) electrons. The molecule has 0 amide bonds. The van der Waals surface area contributed by atoms with Crippen LogP contribution in [0.5, 0.6) is 0 Å². The van der Waals surface area contributed by atoms with Crippen molar-refractivity contribution in [2.75, 3.05) is 19.7 Å². The Bertz CT molecular complexity index is 543. The van der Waals surface area contributed by atoms with Crippen molar-refractivity contribution >= 4 is 0 Å². The van der Waals surface area contributed by atoms with Crippen LogP contribution in [0.2, 0.25) is 0 Å². The predicted molar refractivity (Wildman–Crippen MR) is 98.6 cm³/mol. The summed E-state index contributed by atoms with van der Waals surface area (Å²) in [5, 5.41) is 0. The topological polar surface area (TPSA) is 21.7 Å². The first kappa shape index (κ1) is 19.0. The molecule has 0 N–H and O–H groups in total. The largest absolute Gasteiger partial charge is 0.351 e. The molecule has 3 nitrogen and oxygen atoms in total. The normalized spacial score (nSPS) is 19.6. The van der Waals surface area contributed by atoms with Gasteiger partial charge in [-0.2, -0.15) is 0 Å². The van der Waals surface area contributed by atoms with Crippen molar-refractivity contribution < 1.29 is 9.47 Å². The summed E-state index contributed by atoms with van der Waals surface area (Å²) < 4.78 is 12.6. The number of hydrogen-bond donors (Lipinski definition) is 0. The number of benzene rings is 1. The zero-order chi connectivity index (χ0) is 17.6. The van der Waals surface area contributed by atoms with Crippen LogP contribution in [0.15, 0.2) is 30.3 Å². The zero-order valence-electron chi connectivity index (χ0n) is 15.5. The van der Waals surface area contributed by atoms with Gasteiger partial charge in [0.1, 0.15) is 0 Å². The Morgan fingerprint density at radius 1 is 1.17 bits per heavy atom. The van der Waals surface area contributed by atoms with Gasteiger partial charge in [0, 0.05) is 6.61 Å². The maximum Gasteiger partial charge on any atom is 0.177 e. The molecule has 0 bridgehead atoms. The average Bonchev–Trinajstić information content (AvgIpc) is 3.14. The predicted octanol–water partition coefficient (Wildman–Crippen LogP) is 4.18. The van der Waals surface area contributed by atoms with Crippen molar-refractivity contribution in [3.8, 4) is 12.3 Å². The Morgan fingerprint density at radius 2 is 1.79 bits per heavy atom. The van der Waals surface area contributed by atoms with Crippen LogP contribution >= 0.6 is 0 Å². The minimum Gasteiger partial charge on any atom is -0.351 e. The molecule has 132 valence electrons. The third-order valence-corrected chi connectivity index (χ3v) is 4.91. The Hall–Kier alpha value is -1.34. The third kappa shape index (κ3) is 4.19. The van der Waals surface area contributed by atoms with Crippen molar-refractivity contribution in [1.82, 2.24) is 4.90 Å². The third-order valence-electron chi connectivity index (χ3n) is 4.91. The minimum absolute atomic E-state index is 0.224. The van der Waals surface area contributed by atoms with Gasteiger partial charge in [-0.1, -0.05) is 43.2 Å². The van der Waals surface area contributed by atoms with E-state index in [1.807, 2.05) is 37.3 Å². The molecule has 24 heavy (non-hydrogen) atoms. The zero-order valence-corrected chi connectivity index (χ0v) is 15.5. The fraction of sp³-hybridized carbons (Fsp3) is 0.619. The van der Waals surface area contributed by atoms with Crippen molar-refractivity contribution in [1.29, 1.82) is 0 Å². The Balaban J connectivity index is 2.25. The molecular weight excluding hydrogens is 298 g/mol. The van der Waals surface area contributed by atoms with Crippen LogP contribution < -0.4 is 0 Å². The van der Waals surface area contributed by atoms with Crippen molar-refractivity contribution in [2.24, 2.45) is 0 Å². The lowest BCUT2D eigenvalue weighted by Gasteiger charge is -2.44. The molecule has 0 spiro atoms. The highest BCUT2D eigenvalue weighted by Gasteiger charge is 2.42. The van der Waals surface area contributed by atoms with Gasteiger partial charge in [0.05, 0.1) is 5.54 Å². The quantitative estimate of drug-likeness (QED) is 0.527. The lowest BCUT2D eigenvalue weighted by atomic mass is 9.95. The molecular formula is C21H31NO2. The number of nitrogens with zero attached hydrogens (tertiary/aromatic N) is 1. The van der Waals surface area contributed by atoms with E-state index in [0.29, 0.717) is 6.61 Å². The number of ether oxygens (including phenoxy) is 2. The van der Waals surface area contributed by atoms with E-state index in [2.05, 4.69) is 31.6 Å². The fourth-order valence-corrected chi connectivity index (χ4v) is 3.21. The molecule has 0 aliphatic carbocycles. The van der Waals surface area contributed by atoms with E-state index >= 15 is 0 Å². The van der Waals surface area contributed by atoms with E-state index in [4.69, 9.17) is 15.9 Å². The molecule has 2 rings (SSSR count). The summed E-state index contributed by atoms with van der Waals surface area (Å²) in [4.78, 5) is 2.45. The van der Waals surface area contributed by atoms with Crippen LogP contribution in [-0.4, -0.2) is 36.4 Å². The highest BCUT2D eigenvalue weighted by Crippen LogP contribution is 2.33. The average molecular weight is 329 g/mol. The number of rotatable bonds is 8. The molecule has 1 aliphatic heterocycles. The minimum atomic E-state index is -0.809. The van der Waals surface area contributed by atoms with Gasteiger partial charge >= 0.3 is 0 Å². The van der Waals surface area contributed by atoms with E-state index < -0.39 is 5.60 Å². The Morgan fingerprint density at radius 3 is 2.33 bits per heavy atom. The summed E-state index contributed by atoms with van der Waals surface area (Å²) >= 11 is 0. The van der Waals surface area contributed by atoms with E-state index in [1.54, 1.807) is 0 Å². The van der Waals surface area contributed by atoms with Gasteiger partial charge < -0.3 is 9.47 Å². The molecule has 1 aromatic rings. The molecule has 1 heterocycles. The number of likely N-dealkylation sites (tertiary alicyclic amines) is 1. The van der Waals surface area contributed by atoms with Crippen LogP contribution in [0.1, 0.15) is 52.5 Å². The Labute approximate surface area is 147 Å². The van der Waals surface area contributed by atoms with E-state index in [9.17, 15) is 0 Å². The van der Waals surface area contributed by atoms with E-state index in [-0.39, 0.29) is 11.8 Å². The van der Waals surface area contributed by atoms with Gasteiger partial charge in [0.15, 0.2) is 11.9 Å². The first-order valence-corrected chi connectivity index (χ1v) is 9.02. The molecule has 3 heteroatoms. The molecule has 0 aromatic heterocycles. The fourth-order valence-electron chi connectivity index (χ4n) is 3.21. The van der Waals surface area contributed by atoms with Crippen LogP contribution in [-0.2, 0) is 15.1 Å². The molecule has 1 saturated heterocycles. The maximum absolute atomic E-state index is 6.45. The molecule has 2 unspecified atom stereocenters. The number of terminal acetylenes is 1. The first-order valence-electron chi connectivity index (χ1n) is 9.02. The van der Waals surface area contributed by atoms with Crippen molar-refractivity contribution in [3.63, 3.8) is 0 Å². The lowest BCUT2D eigenvalue weighted by molar-refractivity contribution is -0.241. The van der Waals surface area contributed by atoms with Gasteiger partial charge in [0.25, 0.3) is 0 Å². The molecule has 1 aromatic carbocycles. The van der Waals surface area contributed by atoms with E-state index in [0.717, 1.165) is 25.1 Å². The number of hydrogen-bond acceptors (Lipinski definition) is 3. The van der Waals surface area contributed by atoms with Gasteiger partial charge in [-0.25, -0.2) is 0 Å². The highest BCUT2D eigenvalue weighted by atomic mass is 16.7. The van der Waals surface area contributed by atoms with Gasteiger partial charge in [-0.3, -0.25) is 4.90 Å². The summed E-state index contributed by atoms with van der Waals surface area (Å²) in [5.74, 6) is 2.84. The smallest absolute Gasteiger partial charge is 0.177 e. The van der Waals surface area contributed by atoms with Crippen LogP contribution in [0, 0.1) is 12.3 Å². The summed E-state index contributed by atoms with van der Waals surface area (Å²) in [6, 6.07) is 9.99. The highest BCUT2D eigenvalue weighted by molar-refractivity contribution is 5.29. The summed E-state index contributed by atoms with van der Waals surface area (Å²) in [5.41, 5.74) is -0.0512. The van der Waals surface area contributed by atoms with Crippen LogP contribution in [0.3, 0.4) is 0 Å². The second-order valence-corrected chi connectivity index (χ2v) is 7.21. The van der Waals surface area contributed by atoms with Crippen molar-refractivity contribution in [3.05, 3.63) is 35.9 Å². The molecule has 1 aliphatic rings. The molecule has 1 fully saturated rings. The Kier molecular flexibility index (Phi) is 6.46. The maximum atomic E-state index is 6.45. The second-order valence-electron chi connectivity index (χ2n) is 7.21. The van der Waals surface area contributed by atoms with Gasteiger partial charge in [-0.05, 0) is 58.7 Å². The van der Waals surface area contributed by atoms with Gasteiger partial charge in [-0.15, -0.1) is 6.42 Å². The summed E-state index contributed by atoms with van der Waals surface area (Å²) in [6.07, 6.45) is 8.91. The first-order chi connectivity index (χ1) is 11.4. The van der Waals surface area contributed by atoms with Crippen LogP contribution in [0.25, 0.3) is 0 Å². The lowest BCUT2D eigenvalue weighted by Crippen LogP contribution is -2.55. The van der Waals surface area contributed by atoms with Crippen LogP contribution in [0.4, 0.5) is 0 Å². The second kappa shape index (κ2) is 8.16.